The summed E-state index contributed by atoms with van der Waals surface area (Å²) in [6.07, 6.45) is -4.85. The molecule has 0 radical (unpaired) electrons. The van der Waals surface area contributed by atoms with Gasteiger partial charge in [0.25, 0.3) is 0 Å². The van der Waals surface area contributed by atoms with Crippen LogP contribution in [0.2, 0.25) is 0 Å². The molecule has 2 heterocycles. The molecular weight excluding hydrogens is 918 g/mol. The van der Waals surface area contributed by atoms with E-state index in [1.54, 1.807) is 12.1 Å². The molecule has 74 heavy (non-hydrogen) atoms. The van der Waals surface area contributed by atoms with E-state index in [1.807, 2.05) is 48.5 Å². The minimum absolute atomic E-state index is 0.00203. The molecule has 0 N–H and O–H groups in total. The molecule has 10 aromatic carbocycles. The van der Waals surface area contributed by atoms with Crippen molar-refractivity contribution in [2.75, 3.05) is 0 Å². The Bertz CT molecular complexity index is 4180. The van der Waals surface area contributed by atoms with Crippen LogP contribution < -0.4 is 0 Å². The summed E-state index contributed by atoms with van der Waals surface area (Å²) in [6, 6.07) is 70.1. The van der Waals surface area contributed by atoms with Crippen LogP contribution in [0.4, 0.5) is 13.2 Å². The number of benzene rings is 10. The lowest BCUT2D eigenvalue weighted by atomic mass is 9.90. The summed E-state index contributed by atoms with van der Waals surface area (Å²) in [5, 5.41) is 25.7. The van der Waals surface area contributed by atoms with E-state index in [-0.39, 0.29) is 22.3 Å². The molecule has 7 heteroatoms. The van der Waals surface area contributed by atoms with E-state index in [0.29, 0.717) is 11.4 Å². The summed E-state index contributed by atoms with van der Waals surface area (Å²) in [6.45, 7) is 8.34. The van der Waals surface area contributed by atoms with Crippen molar-refractivity contribution in [1.29, 1.82) is 10.5 Å². The fourth-order valence-corrected chi connectivity index (χ4v) is 11.2. The van der Waals surface area contributed by atoms with E-state index in [4.69, 9.17) is 0 Å². The topological polar surface area (TPSA) is 57.4 Å². The third kappa shape index (κ3) is 7.44. The van der Waals surface area contributed by atoms with Crippen molar-refractivity contribution in [2.24, 2.45) is 0 Å². The van der Waals surface area contributed by atoms with E-state index in [2.05, 4.69) is 170 Å². The van der Waals surface area contributed by atoms with Crippen LogP contribution in [0.3, 0.4) is 0 Å². The van der Waals surface area contributed by atoms with Gasteiger partial charge < -0.3 is 9.13 Å². The van der Waals surface area contributed by atoms with E-state index >= 15 is 13.2 Å². The van der Waals surface area contributed by atoms with Gasteiger partial charge in [0.15, 0.2) is 0 Å². The summed E-state index contributed by atoms with van der Waals surface area (Å²) in [5.41, 5.74) is 15.3. The minimum atomic E-state index is -4.85. The number of rotatable bonds is 7. The summed E-state index contributed by atoms with van der Waals surface area (Å²) in [7, 11) is 0. The van der Waals surface area contributed by atoms with Crippen LogP contribution >= 0.6 is 0 Å². The van der Waals surface area contributed by atoms with Crippen LogP contribution in [-0.4, -0.2) is 9.13 Å². The van der Waals surface area contributed by atoms with Gasteiger partial charge in [-0.15, -0.1) is 0 Å². The highest BCUT2D eigenvalue weighted by Gasteiger charge is 2.36. The molecule has 12 aromatic rings. The first-order valence-electron chi connectivity index (χ1n) is 24.5. The van der Waals surface area contributed by atoms with Gasteiger partial charge in [-0.2, -0.15) is 23.7 Å². The van der Waals surface area contributed by atoms with Crippen molar-refractivity contribution in [3.8, 4) is 79.1 Å². The zero-order valence-electron chi connectivity index (χ0n) is 41.0. The molecule has 0 atom stereocenters. The molecule has 0 spiro atoms. The number of aromatic nitrogens is 2. The fraction of sp³-hybridized carbons (Fsp3) is 0.0746. The molecule has 4 nitrogen and oxygen atoms in total. The van der Waals surface area contributed by atoms with Crippen LogP contribution in [-0.2, 0) is 6.18 Å². The summed E-state index contributed by atoms with van der Waals surface area (Å²) in [5.74, 6) is 0. The Hall–Kier alpha value is -9.43. The highest BCUT2D eigenvalue weighted by molar-refractivity contribution is 6.14. The summed E-state index contributed by atoms with van der Waals surface area (Å²) in [4.78, 5) is 0. The van der Waals surface area contributed by atoms with Crippen LogP contribution in [0.15, 0.2) is 200 Å². The van der Waals surface area contributed by atoms with Crippen molar-refractivity contribution in [2.45, 2.75) is 33.9 Å². The predicted octanol–water partition coefficient (Wildman–Crippen LogP) is 18.2. The number of nitriles is 2. The highest BCUT2D eigenvalue weighted by Crippen LogP contribution is 2.47. The molecule has 0 saturated heterocycles. The smallest absolute Gasteiger partial charge is 0.307 e. The molecule has 0 unspecified atom stereocenters. The van der Waals surface area contributed by atoms with E-state index in [9.17, 15) is 10.5 Å². The molecule has 0 fully saturated rings. The van der Waals surface area contributed by atoms with Crippen molar-refractivity contribution >= 4 is 43.6 Å². The Kier molecular flexibility index (Phi) is 10.9. The van der Waals surface area contributed by atoms with Crippen molar-refractivity contribution in [3.05, 3.63) is 239 Å². The van der Waals surface area contributed by atoms with E-state index in [1.165, 1.54) is 12.1 Å². The number of alkyl halides is 3. The third-order valence-electron chi connectivity index (χ3n) is 14.8. The first kappa shape index (κ1) is 45.7. The molecule has 0 aliphatic carbocycles. The lowest BCUT2D eigenvalue weighted by molar-refractivity contribution is -0.137. The minimum Gasteiger partial charge on any atom is -0.307 e. The quantitative estimate of drug-likeness (QED) is 0.160. The zero-order valence-corrected chi connectivity index (χ0v) is 41.0. The van der Waals surface area contributed by atoms with Gasteiger partial charge in [-0.25, -0.2) is 0 Å². The normalized spacial score (nSPS) is 11.7. The van der Waals surface area contributed by atoms with E-state index in [0.717, 1.165) is 116 Å². The van der Waals surface area contributed by atoms with Gasteiger partial charge in [0.05, 0.1) is 62.3 Å². The average molecular weight is 963 g/mol. The molecule has 0 aliphatic heterocycles. The molecule has 0 aliphatic rings. The largest absolute Gasteiger partial charge is 0.417 e. The number of halogens is 3. The zero-order chi connectivity index (χ0) is 51.0. The second kappa shape index (κ2) is 17.7. The number of fused-ring (bicyclic) bond motifs is 6. The molecule has 2 aromatic heterocycles. The van der Waals surface area contributed by atoms with Gasteiger partial charge >= 0.3 is 6.18 Å². The predicted molar refractivity (Wildman–Crippen MR) is 296 cm³/mol. The van der Waals surface area contributed by atoms with Crippen molar-refractivity contribution in [3.63, 3.8) is 0 Å². The van der Waals surface area contributed by atoms with Crippen molar-refractivity contribution < 1.29 is 13.2 Å². The third-order valence-corrected chi connectivity index (χ3v) is 14.8. The van der Waals surface area contributed by atoms with Gasteiger partial charge in [0.1, 0.15) is 0 Å². The van der Waals surface area contributed by atoms with E-state index < -0.39 is 11.7 Å². The Labute approximate surface area is 426 Å². The van der Waals surface area contributed by atoms with Crippen molar-refractivity contribution in [1.82, 2.24) is 9.13 Å². The maximum absolute atomic E-state index is 15.4. The maximum atomic E-state index is 15.4. The van der Waals surface area contributed by atoms with Gasteiger partial charge in [0, 0.05) is 32.7 Å². The Morgan fingerprint density at radius 2 is 0.689 bits per heavy atom. The molecule has 0 bridgehead atoms. The average Bonchev–Trinajstić information content (AvgIpc) is 3.91. The Balaban J connectivity index is 1.30. The van der Waals surface area contributed by atoms with Gasteiger partial charge in [-0.1, -0.05) is 152 Å². The number of aryl methyl sites for hydroxylation is 4. The SMILES string of the molecule is Cc1ccccc1-c1ccc2c3ccc(-c4ccccc4C)cc3n(-c3cc(C#N)c(-c4c(C#N)cccc4C(F)(F)F)cc3-n3c4cc(-c5ccccc5C)ccc4c4ccc(-c5ccccc5C)cc43)c2c1. The lowest BCUT2D eigenvalue weighted by Crippen LogP contribution is -2.10. The first-order valence-corrected chi connectivity index (χ1v) is 24.5. The van der Waals surface area contributed by atoms with Crippen LogP contribution in [0.5, 0.6) is 0 Å². The van der Waals surface area contributed by atoms with Crippen LogP contribution in [0.1, 0.15) is 38.9 Å². The standard InChI is InChI=1S/C67H45F3N4/c1-40-14-5-9-19-50(40)44-24-28-54-55-29-25-45(51-20-10-6-15-41(51)2)33-61(55)73(60(54)32-44)64-36-49(39-72)58(66-48(38-71)18-13-23-59(66)67(68,69)70)37-65(64)74-62-34-46(52-21-11-7-16-42(52)3)26-30-56(62)57-31-27-47(35-63(57)74)53-22-12-8-17-43(53)4/h5-37H,1-4H3. The highest BCUT2D eigenvalue weighted by atomic mass is 19.4. The summed E-state index contributed by atoms with van der Waals surface area (Å²) < 4.78 is 50.6. The maximum Gasteiger partial charge on any atom is 0.417 e. The van der Waals surface area contributed by atoms with Crippen LogP contribution in [0.25, 0.3) is 111 Å². The molecule has 354 valence electrons. The second-order valence-corrected chi connectivity index (χ2v) is 19.2. The van der Waals surface area contributed by atoms with Crippen LogP contribution in [0, 0.1) is 50.4 Å². The second-order valence-electron chi connectivity index (χ2n) is 19.2. The summed E-state index contributed by atoms with van der Waals surface area (Å²) >= 11 is 0. The Morgan fingerprint density at radius 1 is 0.351 bits per heavy atom. The molecule has 0 amide bonds. The monoisotopic (exact) mass is 962 g/mol. The first-order chi connectivity index (χ1) is 35.9. The molecular formula is C67H45F3N4. The Morgan fingerprint density at radius 3 is 1.01 bits per heavy atom. The molecule has 12 rings (SSSR count). The van der Waals surface area contributed by atoms with Gasteiger partial charge in [0.2, 0.25) is 0 Å². The lowest BCUT2D eigenvalue weighted by Gasteiger charge is -2.22. The number of hydrogen-bond acceptors (Lipinski definition) is 2. The number of nitrogens with zero attached hydrogens (tertiary/aromatic N) is 4. The van der Waals surface area contributed by atoms with Gasteiger partial charge in [-0.3, -0.25) is 0 Å². The fourth-order valence-electron chi connectivity index (χ4n) is 11.2. The number of hydrogen-bond donors (Lipinski definition) is 0. The molecule has 0 saturated carbocycles. The van der Waals surface area contributed by atoms with Gasteiger partial charge in [-0.05, 0) is 143 Å².